The minimum atomic E-state index is -0.881. The first-order valence-electron chi connectivity index (χ1n) is 9.54. The fraction of sp³-hybridized carbons (Fsp3) is 0.130. The maximum atomic E-state index is 13.2. The summed E-state index contributed by atoms with van der Waals surface area (Å²) < 4.78 is 5.60. The van der Waals surface area contributed by atoms with Crippen molar-refractivity contribution in [2.75, 3.05) is 11.9 Å². The van der Waals surface area contributed by atoms with Crippen LogP contribution in [-0.4, -0.2) is 29.7 Å². The van der Waals surface area contributed by atoms with Crippen molar-refractivity contribution in [3.05, 3.63) is 86.9 Å². The lowest BCUT2D eigenvalue weighted by molar-refractivity contribution is -0.136. The molecule has 3 amide bonds. The Bertz CT molecular complexity index is 1370. The molecule has 0 saturated carbocycles. The topological polar surface area (TPSA) is 87.9 Å². The average Bonchev–Trinajstić information content (AvgIpc) is 2.99. The van der Waals surface area contributed by atoms with Gasteiger partial charge in [0.15, 0.2) is 5.43 Å². The van der Waals surface area contributed by atoms with Gasteiger partial charge in [-0.3, -0.25) is 29.0 Å². The first-order valence-corrected chi connectivity index (χ1v) is 9.92. The molecule has 0 bridgehead atoms. The van der Waals surface area contributed by atoms with Crippen LogP contribution in [0, 0.1) is 0 Å². The van der Waals surface area contributed by atoms with Crippen LogP contribution in [0.5, 0.6) is 0 Å². The molecule has 0 fully saturated rings. The van der Waals surface area contributed by atoms with Crippen LogP contribution in [-0.2, 0) is 14.4 Å². The molecule has 0 N–H and O–H groups in total. The Morgan fingerprint density at radius 1 is 0.968 bits per heavy atom. The summed E-state index contributed by atoms with van der Waals surface area (Å²) in [6, 6.07) is 13.1. The van der Waals surface area contributed by atoms with Gasteiger partial charge in [-0.1, -0.05) is 23.7 Å². The number of fused-ring (bicyclic) bond motifs is 1. The lowest BCUT2D eigenvalue weighted by atomic mass is 9.84. The quantitative estimate of drug-likeness (QED) is 0.578. The Kier molecular flexibility index (Phi) is 4.30. The van der Waals surface area contributed by atoms with Crippen LogP contribution >= 0.6 is 11.6 Å². The van der Waals surface area contributed by atoms with E-state index in [1.165, 1.54) is 18.2 Å². The van der Waals surface area contributed by atoms with Gasteiger partial charge in [0.2, 0.25) is 5.91 Å². The van der Waals surface area contributed by atoms with E-state index in [9.17, 15) is 19.2 Å². The number of amides is 3. The second-order valence-corrected chi connectivity index (χ2v) is 7.85. The largest absolute Gasteiger partial charge is 0.464 e. The maximum absolute atomic E-state index is 13.2. The second-order valence-electron chi connectivity index (χ2n) is 7.41. The molecule has 0 saturated heterocycles. The number of anilines is 1. The molecule has 1 atom stereocenters. The van der Waals surface area contributed by atoms with E-state index in [0.717, 1.165) is 4.90 Å². The van der Waals surface area contributed by atoms with Crippen molar-refractivity contribution in [1.29, 1.82) is 0 Å². The fourth-order valence-corrected chi connectivity index (χ4v) is 4.26. The van der Waals surface area contributed by atoms with Gasteiger partial charge in [-0.05, 0) is 36.4 Å². The number of rotatable bonds is 2. The van der Waals surface area contributed by atoms with E-state index in [-0.39, 0.29) is 28.7 Å². The lowest BCUT2D eigenvalue weighted by Crippen LogP contribution is -2.39. The molecule has 5 rings (SSSR count). The Labute approximate surface area is 181 Å². The van der Waals surface area contributed by atoms with Crippen molar-refractivity contribution in [2.24, 2.45) is 0 Å². The van der Waals surface area contributed by atoms with Crippen LogP contribution in [0.15, 0.2) is 75.3 Å². The predicted octanol–water partition coefficient (Wildman–Crippen LogP) is 3.22. The number of carbonyl (C=O) groups excluding carboxylic acids is 3. The number of hydrogen-bond acceptors (Lipinski definition) is 5. The van der Waals surface area contributed by atoms with E-state index in [2.05, 4.69) is 0 Å². The Morgan fingerprint density at radius 3 is 2.42 bits per heavy atom. The normalized spacial score (nSPS) is 18.9. The van der Waals surface area contributed by atoms with E-state index >= 15 is 0 Å². The van der Waals surface area contributed by atoms with Crippen molar-refractivity contribution in [1.82, 2.24) is 4.90 Å². The Balaban J connectivity index is 1.73. The lowest BCUT2D eigenvalue weighted by Gasteiger charge is -2.31. The van der Waals surface area contributed by atoms with Crippen LogP contribution in [0.4, 0.5) is 5.69 Å². The van der Waals surface area contributed by atoms with Gasteiger partial charge in [0, 0.05) is 35.7 Å². The molecule has 0 aliphatic carbocycles. The number of likely N-dealkylation sites (N-methyl/N-ethyl adjacent to an activating group) is 1. The number of para-hydroxylation sites is 1. The molecule has 2 aliphatic heterocycles. The number of halogens is 1. The van der Waals surface area contributed by atoms with E-state index in [1.807, 2.05) is 0 Å². The highest BCUT2D eigenvalue weighted by Gasteiger charge is 2.49. The summed E-state index contributed by atoms with van der Waals surface area (Å²) in [6.45, 7) is 0. The van der Waals surface area contributed by atoms with Gasteiger partial charge in [-0.15, -0.1) is 0 Å². The molecule has 2 aromatic carbocycles. The van der Waals surface area contributed by atoms with Crippen LogP contribution in [0.1, 0.15) is 17.9 Å². The smallest absolute Gasteiger partial charge is 0.278 e. The van der Waals surface area contributed by atoms with Crippen LogP contribution in [0.2, 0.25) is 5.02 Å². The highest BCUT2D eigenvalue weighted by atomic mass is 35.5. The van der Waals surface area contributed by atoms with Crippen molar-refractivity contribution >= 4 is 46.0 Å². The molecule has 0 spiro atoms. The molecule has 2 aliphatic rings. The van der Waals surface area contributed by atoms with Crippen molar-refractivity contribution < 1.29 is 18.8 Å². The third kappa shape index (κ3) is 2.81. The summed E-state index contributed by atoms with van der Waals surface area (Å²) in [5.41, 5.74) is 0.741. The summed E-state index contributed by atoms with van der Waals surface area (Å²) in [7, 11) is 1.35. The zero-order valence-corrected chi connectivity index (χ0v) is 17.1. The van der Waals surface area contributed by atoms with Gasteiger partial charge in [-0.2, -0.15) is 0 Å². The Morgan fingerprint density at radius 2 is 1.68 bits per heavy atom. The molecule has 0 radical (unpaired) electrons. The molecular weight excluding hydrogens is 420 g/mol. The highest BCUT2D eigenvalue weighted by molar-refractivity contribution is 6.30. The van der Waals surface area contributed by atoms with E-state index in [0.29, 0.717) is 21.7 Å². The summed E-state index contributed by atoms with van der Waals surface area (Å²) in [5.74, 6) is -2.43. The molecule has 3 aromatic rings. The molecule has 1 unspecified atom stereocenters. The average molecular weight is 435 g/mol. The standard InChI is InChI=1S/C23H15ClN2O5/c1-25-22(29)19-15(16-11-31-17-5-3-2-4-14(17)21(16)28)10-18(27)26(20(19)23(25)30)13-8-6-12(24)7-9-13/h2-9,11,15H,10H2,1H3. The summed E-state index contributed by atoms with van der Waals surface area (Å²) >= 11 is 5.95. The van der Waals surface area contributed by atoms with Crippen molar-refractivity contribution in [2.45, 2.75) is 12.3 Å². The van der Waals surface area contributed by atoms with Crippen LogP contribution < -0.4 is 10.3 Å². The SMILES string of the molecule is CN1C(=O)C2=C(C1=O)N(c1ccc(Cl)cc1)C(=O)CC2c1coc2ccccc2c1=O. The molecule has 7 nitrogen and oxygen atoms in total. The number of imide groups is 1. The number of benzene rings is 2. The van der Waals surface area contributed by atoms with E-state index in [4.69, 9.17) is 16.0 Å². The molecule has 3 heterocycles. The van der Waals surface area contributed by atoms with Crippen molar-refractivity contribution in [3.8, 4) is 0 Å². The van der Waals surface area contributed by atoms with Gasteiger partial charge in [-0.25, -0.2) is 0 Å². The van der Waals surface area contributed by atoms with Gasteiger partial charge in [0.1, 0.15) is 11.3 Å². The summed E-state index contributed by atoms with van der Waals surface area (Å²) in [5, 5.41) is 0.819. The van der Waals surface area contributed by atoms with Gasteiger partial charge < -0.3 is 4.42 Å². The van der Waals surface area contributed by atoms with E-state index < -0.39 is 23.6 Å². The van der Waals surface area contributed by atoms with Gasteiger partial charge in [0.05, 0.1) is 17.2 Å². The van der Waals surface area contributed by atoms with Gasteiger partial charge >= 0.3 is 0 Å². The summed E-state index contributed by atoms with van der Waals surface area (Å²) in [6.07, 6.45) is 1.12. The Hall–Kier alpha value is -3.71. The molecule has 31 heavy (non-hydrogen) atoms. The van der Waals surface area contributed by atoms with E-state index in [1.54, 1.807) is 48.5 Å². The molecule has 1 aromatic heterocycles. The molecule has 154 valence electrons. The minimum absolute atomic E-state index is 0.0383. The molecule has 8 heteroatoms. The minimum Gasteiger partial charge on any atom is -0.464 e. The van der Waals surface area contributed by atoms with Crippen molar-refractivity contribution in [3.63, 3.8) is 0 Å². The third-order valence-corrected chi connectivity index (χ3v) is 5.92. The second kappa shape index (κ2) is 6.92. The predicted molar refractivity (Wildman–Crippen MR) is 114 cm³/mol. The number of carbonyl (C=O) groups is 3. The summed E-state index contributed by atoms with van der Waals surface area (Å²) in [4.78, 5) is 54.5. The molecular formula is C23H15ClN2O5. The number of nitrogens with zero attached hydrogens (tertiary/aromatic N) is 2. The maximum Gasteiger partial charge on any atom is 0.278 e. The first-order chi connectivity index (χ1) is 14.9. The monoisotopic (exact) mass is 434 g/mol. The first kappa shape index (κ1) is 19.3. The van der Waals surface area contributed by atoms with Crippen LogP contribution in [0.3, 0.4) is 0 Å². The van der Waals surface area contributed by atoms with Gasteiger partial charge in [0.25, 0.3) is 11.8 Å². The number of hydrogen-bond donors (Lipinski definition) is 0. The van der Waals surface area contributed by atoms with Crippen LogP contribution in [0.25, 0.3) is 11.0 Å². The highest BCUT2D eigenvalue weighted by Crippen LogP contribution is 2.42. The fourth-order valence-electron chi connectivity index (χ4n) is 4.13. The zero-order chi connectivity index (χ0) is 21.9. The third-order valence-electron chi connectivity index (χ3n) is 5.66. The zero-order valence-electron chi connectivity index (χ0n) is 16.3.